The van der Waals surface area contributed by atoms with E-state index >= 15 is 0 Å². The van der Waals surface area contributed by atoms with Crippen LogP contribution in [-0.4, -0.2) is 22.5 Å². The van der Waals surface area contributed by atoms with Crippen LogP contribution >= 0.6 is 0 Å². The number of benzene rings is 2. The molecule has 0 aromatic heterocycles. The first-order valence-corrected chi connectivity index (χ1v) is 10.2. The first-order chi connectivity index (χ1) is 12.9. The van der Waals surface area contributed by atoms with Crippen LogP contribution < -0.4 is 29.0 Å². The normalized spacial score (nSPS) is 13.2. The zero-order chi connectivity index (χ0) is 21.3. The molecule has 2 rings (SSSR count). The maximum absolute atomic E-state index is 12.1. The first kappa shape index (κ1) is 21.7. The Labute approximate surface area is 160 Å². The predicted octanol–water partition coefficient (Wildman–Crippen LogP) is -0.923. The van der Waals surface area contributed by atoms with E-state index in [1.807, 2.05) is 0 Å². The van der Waals surface area contributed by atoms with Crippen LogP contribution in [0.25, 0.3) is 0 Å². The Balaban J connectivity index is 2.66. The van der Waals surface area contributed by atoms with Gasteiger partial charge in [0.1, 0.15) is 9.79 Å². The molecule has 0 aliphatic rings. The fourth-order valence-corrected chi connectivity index (χ4v) is 4.12. The summed E-state index contributed by atoms with van der Waals surface area (Å²) in [5.41, 5.74) is 16.6. The Morgan fingerprint density at radius 3 is 1.86 bits per heavy atom. The summed E-state index contributed by atoms with van der Waals surface area (Å²) in [5.74, 6) is 9.62. The maximum atomic E-state index is 12.1. The van der Waals surface area contributed by atoms with Crippen LogP contribution in [0.4, 0.5) is 11.4 Å². The minimum Gasteiger partial charge on any atom is -0.399 e. The van der Waals surface area contributed by atoms with Crippen molar-refractivity contribution in [2.24, 2.45) is 17.5 Å². The summed E-state index contributed by atoms with van der Waals surface area (Å²) in [4.78, 5) is -0.979. The topological polar surface area (TPSA) is 241 Å². The molecule has 0 aliphatic carbocycles. The van der Waals surface area contributed by atoms with Crippen molar-refractivity contribution in [2.75, 3.05) is 11.5 Å². The van der Waals surface area contributed by atoms with Gasteiger partial charge in [-0.3, -0.25) is 0 Å². The van der Waals surface area contributed by atoms with E-state index in [0.29, 0.717) is 0 Å². The predicted molar refractivity (Wildman–Crippen MR) is 100 cm³/mol. The van der Waals surface area contributed by atoms with Crippen molar-refractivity contribution in [3.63, 3.8) is 0 Å². The van der Waals surface area contributed by atoms with Crippen molar-refractivity contribution >= 4 is 37.3 Å². The highest BCUT2D eigenvalue weighted by Gasteiger charge is 2.29. The molecule has 0 heterocycles. The second-order valence-electron chi connectivity index (χ2n) is 5.54. The molecule has 12 nitrogen and oxygen atoms in total. The summed E-state index contributed by atoms with van der Waals surface area (Å²) in [6.45, 7) is 0. The lowest BCUT2D eigenvalue weighted by Crippen LogP contribution is -2.27. The minimum atomic E-state index is -4.44. The Hall–Kier alpha value is -2.59. The van der Waals surface area contributed by atoms with Crippen LogP contribution in [0, 0.1) is 5.41 Å². The summed E-state index contributed by atoms with van der Waals surface area (Å²) in [6, 6.07) is 5.82. The number of anilines is 2. The van der Waals surface area contributed by atoms with E-state index in [1.165, 1.54) is 24.3 Å². The van der Waals surface area contributed by atoms with E-state index in [1.54, 1.807) is 0 Å². The van der Waals surface area contributed by atoms with E-state index in [4.69, 9.17) is 34.4 Å². The van der Waals surface area contributed by atoms with Crippen molar-refractivity contribution < 1.29 is 25.4 Å². The lowest BCUT2D eigenvalue weighted by molar-refractivity contribution is 0.331. The van der Waals surface area contributed by atoms with Crippen LogP contribution in [0.1, 0.15) is 17.2 Å². The molecule has 28 heavy (non-hydrogen) atoms. The molecule has 0 amide bonds. The van der Waals surface area contributed by atoms with Crippen LogP contribution in [0.2, 0.25) is 0 Å². The average Bonchev–Trinajstić information content (AvgIpc) is 2.66. The van der Waals surface area contributed by atoms with E-state index in [2.05, 4.69) is 8.57 Å². The second-order valence-corrected chi connectivity index (χ2v) is 8.63. The number of nitrogens with two attached hydrogens (primary N) is 5. The van der Waals surface area contributed by atoms with E-state index in [-0.39, 0.29) is 22.5 Å². The van der Waals surface area contributed by atoms with Crippen LogP contribution in [0.3, 0.4) is 0 Å². The summed E-state index contributed by atoms with van der Waals surface area (Å²) < 4.78 is 56.3. The monoisotopic (exact) mass is 430 g/mol. The zero-order valence-electron chi connectivity index (χ0n) is 14.2. The van der Waals surface area contributed by atoms with Crippen molar-refractivity contribution in [3.05, 3.63) is 47.5 Å². The molecule has 0 bridgehead atoms. The molecule has 1 unspecified atom stereocenters. The summed E-state index contributed by atoms with van der Waals surface area (Å²) in [5, 5.41) is 8.33. The largest absolute Gasteiger partial charge is 0.399 e. The fraction of sp³-hybridized carbons (Fsp3) is 0.0714. The van der Waals surface area contributed by atoms with Gasteiger partial charge in [0.05, 0.1) is 11.8 Å². The van der Waals surface area contributed by atoms with Crippen molar-refractivity contribution in [1.29, 1.82) is 5.41 Å². The number of hydrogen-bond donors (Lipinski definition) is 6. The molecule has 152 valence electrons. The highest BCUT2D eigenvalue weighted by molar-refractivity contribution is 7.87. The third-order valence-corrected chi connectivity index (χ3v) is 6.05. The van der Waals surface area contributed by atoms with Gasteiger partial charge < -0.3 is 22.6 Å². The van der Waals surface area contributed by atoms with Gasteiger partial charge in [-0.15, -0.1) is 0 Å². The quantitative estimate of drug-likeness (QED) is 0.178. The van der Waals surface area contributed by atoms with Crippen molar-refractivity contribution in [3.8, 4) is 0 Å². The Kier molecular flexibility index (Phi) is 6.05. The molecule has 11 N–H and O–H groups in total. The molecule has 0 radical (unpaired) electrons. The van der Waals surface area contributed by atoms with Gasteiger partial charge in [0.15, 0.2) is 0 Å². The maximum Gasteiger partial charge on any atom is 0.313 e. The number of hydrogen-bond acceptors (Lipinski definition) is 12. The average molecular weight is 430 g/mol. The Morgan fingerprint density at radius 1 is 0.857 bits per heavy atom. The smallest absolute Gasteiger partial charge is 0.313 e. The van der Waals surface area contributed by atoms with E-state index in [9.17, 15) is 16.8 Å². The summed E-state index contributed by atoms with van der Waals surface area (Å²) in [6.07, 6.45) is 0. The standard InChI is InChI=1S/C14H18N6O6S2/c15-7-1-3-9(11(5-7)27(21,22)25-19)13(17)14(18)10-4-2-8(16)6-12(10)28(23,24)26-20/h1-6,13,18H,15-17,19-20H2. The molecular weight excluding hydrogens is 412 g/mol. The molecular formula is C14H18N6O6S2. The van der Waals surface area contributed by atoms with Gasteiger partial charge in [0.25, 0.3) is 0 Å². The number of rotatable bonds is 7. The lowest BCUT2D eigenvalue weighted by Gasteiger charge is -2.19. The zero-order valence-corrected chi connectivity index (χ0v) is 15.8. The van der Waals surface area contributed by atoms with Gasteiger partial charge in [0, 0.05) is 16.9 Å². The summed E-state index contributed by atoms with van der Waals surface area (Å²) >= 11 is 0. The molecule has 2 aromatic rings. The second kappa shape index (κ2) is 7.80. The summed E-state index contributed by atoms with van der Waals surface area (Å²) in [7, 11) is -8.87. The Morgan fingerprint density at radius 2 is 1.32 bits per heavy atom. The third-order valence-electron chi connectivity index (χ3n) is 3.77. The highest BCUT2D eigenvalue weighted by Crippen LogP contribution is 2.29. The number of nitrogen functional groups attached to an aromatic ring is 2. The molecule has 0 spiro atoms. The first-order valence-electron chi connectivity index (χ1n) is 7.34. The fourth-order valence-electron chi connectivity index (χ4n) is 2.42. The molecule has 0 saturated heterocycles. The number of nitrogens with one attached hydrogen (secondary N) is 1. The van der Waals surface area contributed by atoms with Crippen LogP contribution in [0.5, 0.6) is 0 Å². The van der Waals surface area contributed by atoms with Gasteiger partial charge in [-0.2, -0.15) is 37.2 Å². The van der Waals surface area contributed by atoms with E-state index < -0.39 is 41.8 Å². The van der Waals surface area contributed by atoms with Gasteiger partial charge >= 0.3 is 20.2 Å². The SMILES string of the molecule is N=C(c1ccc(N)cc1S(=O)(=O)ON)C(N)c1ccc(N)cc1S(=O)(=O)ON. The molecule has 0 saturated carbocycles. The van der Waals surface area contributed by atoms with Crippen LogP contribution in [-0.2, 0) is 28.8 Å². The van der Waals surface area contributed by atoms with Gasteiger partial charge in [-0.25, -0.2) is 0 Å². The van der Waals surface area contributed by atoms with Crippen molar-refractivity contribution in [1.82, 2.24) is 0 Å². The highest BCUT2D eigenvalue weighted by atomic mass is 32.2. The molecule has 0 fully saturated rings. The van der Waals surface area contributed by atoms with Gasteiger partial charge in [0.2, 0.25) is 0 Å². The molecule has 0 aliphatic heterocycles. The van der Waals surface area contributed by atoms with Crippen molar-refractivity contribution in [2.45, 2.75) is 15.8 Å². The van der Waals surface area contributed by atoms with Gasteiger partial charge in [-0.1, -0.05) is 6.07 Å². The minimum absolute atomic E-state index is 0.0630. The van der Waals surface area contributed by atoms with Gasteiger partial charge in [-0.05, 0) is 35.9 Å². The van der Waals surface area contributed by atoms with Crippen LogP contribution in [0.15, 0.2) is 46.2 Å². The molecule has 1 atom stereocenters. The Bertz CT molecular complexity index is 1130. The van der Waals surface area contributed by atoms with E-state index in [0.717, 1.165) is 12.1 Å². The third kappa shape index (κ3) is 4.12. The molecule has 14 heteroatoms. The lowest BCUT2D eigenvalue weighted by atomic mass is 9.97. The molecule has 2 aromatic carbocycles.